The Labute approximate surface area is 155 Å². The summed E-state index contributed by atoms with van der Waals surface area (Å²) in [6.45, 7) is 6.56. The lowest BCUT2D eigenvalue weighted by molar-refractivity contribution is 0.0959. The van der Waals surface area contributed by atoms with E-state index in [9.17, 15) is 4.79 Å². The summed E-state index contributed by atoms with van der Waals surface area (Å²) in [5, 5.41) is 3.69. The van der Waals surface area contributed by atoms with E-state index >= 15 is 0 Å². The van der Waals surface area contributed by atoms with Gasteiger partial charge in [0.2, 0.25) is 0 Å². The zero-order chi connectivity index (χ0) is 18.3. The third-order valence-corrected chi connectivity index (χ3v) is 5.83. The molecule has 26 heavy (non-hydrogen) atoms. The highest BCUT2D eigenvalue weighted by molar-refractivity contribution is 6.12. The van der Waals surface area contributed by atoms with Gasteiger partial charge in [-0.15, -0.1) is 0 Å². The summed E-state index contributed by atoms with van der Waals surface area (Å²) >= 11 is 0. The van der Waals surface area contributed by atoms with Gasteiger partial charge >= 0.3 is 0 Å². The van der Waals surface area contributed by atoms with Crippen LogP contribution in [-0.2, 0) is 0 Å². The van der Waals surface area contributed by atoms with Gasteiger partial charge in [-0.3, -0.25) is 9.69 Å². The second-order valence-electron chi connectivity index (χ2n) is 7.67. The minimum Gasteiger partial charge on any atom is -0.364 e. The van der Waals surface area contributed by atoms with Gasteiger partial charge in [-0.05, 0) is 56.4 Å². The normalized spacial score (nSPS) is 25.3. The monoisotopic (exact) mass is 346 g/mol. The fourth-order valence-electron chi connectivity index (χ4n) is 4.43. The first kappa shape index (κ1) is 16.9. The van der Waals surface area contributed by atoms with E-state index < -0.39 is 0 Å². The van der Waals surface area contributed by atoms with Crippen molar-refractivity contribution < 1.29 is 4.79 Å². The smallest absolute Gasteiger partial charge is 0.262 e. The summed E-state index contributed by atoms with van der Waals surface area (Å²) in [7, 11) is 0. The van der Waals surface area contributed by atoms with E-state index in [-0.39, 0.29) is 12.1 Å². The predicted octanol–water partition coefficient (Wildman–Crippen LogP) is 5.39. The minimum absolute atomic E-state index is 0.0298. The standard InChI is InChI=1S/C23H26N2O/c1-15-12-13-18(17(3)14-15)22-24-20-10-6-5-9-19(20)23(26)25(22)21-11-7-4-8-16(21)2/h4-11,14,17-18,22,24H,12-13H2,1-3H3. The molecule has 2 aliphatic rings. The van der Waals surface area contributed by atoms with Crippen LogP contribution in [0.15, 0.2) is 60.2 Å². The second-order valence-corrected chi connectivity index (χ2v) is 7.67. The van der Waals surface area contributed by atoms with Crippen molar-refractivity contribution >= 4 is 17.3 Å². The molecule has 3 unspecified atom stereocenters. The Balaban J connectivity index is 1.82. The number of aryl methyl sites for hydroxylation is 1. The van der Waals surface area contributed by atoms with Gasteiger partial charge in [0.25, 0.3) is 5.91 Å². The maximum absolute atomic E-state index is 13.5. The van der Waals surface area contributed by atoms with Crippen LogP contribution in [0.5, 0.6) is 0 Å². The van der Waals surface area contributed by atoms with Crippen LogP contribution in [0, 0.1) is 18.8 Å². The molecule has 0 saturated carbocycles. The molecule has 0 spiro atoms. The molecule has 3 nitrogen and oxygen atoms in total. The minimum atomic E-state index is -0.0298. The van der Waals surface area contributed by atoms with Gasteiger partial charge in [-0.1, -0.05) is 48.9 Å². The van der Waals surface area contributed by atoms with Crippen LogP contribution in [0.4, 0.5) is 11.4 Å². The number of allylic oxidation sites excluding steroid dienone is 2. The van der Waals surface area contributed by atoms with E-state index in [4.69, 9.17) is 0 Å². The van der Waals surface area contributed by atoms with E-state index in [2.05, 4.69) is 44.3 Å². The van der Waals surface area contributed by atoms with Gasteiger partial charge in [0.05, 0.1) is 5.56 Å². The molecule has 4 rings (SSSR count). The second kappa shape index (κ2) is 6.64. The molecule has 134 valence electrons. The van der Waals surface area contributed by atoms with E-state index in [1.165, 1.54) is 5.57 Å². The molecule has 3 atom stereocenters. The zero-order valence-electron chi connectivity index (χ0n) is 15.7. The molecule has 1 amide bonds. The van der Waals surface area contributed by atoms with Crippen LogP contribution in [-0.4, -0.2) is 12.1 Å². The van der Waals surface area contributed by atoms with Crippen LogP contribution in [0.25, 0.3) is 0 Å². The third-order valence-electron chi connectivity index (χ3n) is 5.83. The Bertz CT molecular complexity index is 870. The van der Waals surface area contributed by atoms with Crippen LogP contribution in [0.2, 0.25) is 0 Å². The fourth-order valence-corrected chi connectivity index (χ4v) is 4.43. The number of carbonyl (C=O) groups excluding carboxylic acids is 1. The molecule has 2 aromatic rings. The molecule has 0 radical (unpaired) electrons. The Hall–Kier alpha value is -2.55. The van der Waals surface area contributed by atoms with Crippen LogP contribution >= 0.6 is 0 Å². The Kier molecular flexibility index (Phi) is 4.31. The van der Waals surface area contributed by atoms with E-state index in [1.807, 2.05) is 41.3 Å². The molecule has 0 saturated heterocycles. The van der Waals surface area contributed by atoms with Crippen LogP contribution < -0.4 is 10.2 Å². The number of rotatable bonds is 2. The molecule has 0 aromatic heterocycles. The van der Waals surface area contributed by atoms with Crippen LogP contribution in [0.3, 0.4) is 0 Å². The first-order chi connectivity index (χ1) is 12.6. The van der Waals surface area contributed by atoms with Crippen molar-refractivity contribution in [2.24, 2.45) is 11.8 Å². The van der Waals surface area contributed by atoms with Gasteiger partial charge in [0.15, 0.2) is 0 Å². The average molecular weight is 346 g/mol. The number of hydrogen-bond donors (Lipinski definition) is 1. The van der Waals surface area contributed by atoms with Crippen molar-refractivity contribution in [2.75, 3.05) is 10.2 Å². The summed E-state index contributed by atoms with van der Waals surface area (Å²) in [6.07, 6.45) is 4.54. The molecule has 1 heterocycles. The first-order valence-corrected chi connectivity index (χ1v) is 9.48. The van der Waals surface area contributed by atoms with Crippen molar-refractivity contribution in [3.8, 4) is 0 Å². The number of carbonyl (C=O) groups is 1. The van der Waals surface area contributed by atoms with Crippen molar-refractivity contribution in [3.05, 3.63) is 71.3 Å². The fraction of sp³-hybridized carbons (Fsp3) is 0.348. The largest absolute Gasteiger partial charge is 0.364 e. The van der Waals surface area contributed by atoms with Crippen molar-refractivity contribution in [1.82, 2.24) is 0 Å². The molecule has 0 fully saturated rings. The SMILES string of the molecule is CC1=CC(C)C(C2Nc3ccccc3C(=O)N2c2ccccc2C)CC1. The van der Waals surface area contributed by atoms with Gasteiger partial charge < -0.3 is 5.32 Å². The molecule has 0 bridgehead atoms. The van der Waals surface area contributed by atoms with Gasteiger partial charge in [-0.25, -0.2) is 0 Å². The van der Waals surface area contributed by atoms with Gasteiger partial charge in [0.1, 0.15) is 6.17 Å². The van der Waals surface area contributed by atoms with Gasteiger partial charge in [0, 0.05) is 17.3 Å². The summed E-state index contributed by atoms with van der Waals surface area (Å²) < 4.78 is 0. The molecular formula is C23H26N2O. The average Bonchev–Trinajstić information content (AvgIpc) is 2.63. The highest BCUT2D eigenvalue weighted by Crippen LogP contribution is 2.39. The summed E-state index contributed by atoms with van der Waals surface area (Å²) in [4.78, 5) is 15.5. The summed E-state index contributed by atoms with van der Waals surface area (Å²) in [6, 6.07) is 16.0. The first-order valence-electron chi connectivity index (χ1n) is 9.48. The van der Waals surface area contributed by atoms with Crippen LogP contribution in [0.1, 0.15) is 42.6 Å². The third kappa shape index (κ3) is 2.82. The number of hydrogen-bond acceptors (Lipinski definition) is 2. The lowest BCUT2D eigenvalue weighted by Gasteiger charge is -2.45. The molecule has 1 aliphatic heterocycles. The number of nitrogens with one attached hydrogen (secondary N) is 1. The summed E-state index contributed by atoms with van der Waals surface area (Å²) in [5.41, 5.74) is 5.29. The van der Waals surface area contributed by atoms with Crippen molar-refractivity contribution in [1.29, 1.82) is 0 Å². The molecule has 1 N–H and O–H groups in total. The van der Waals surface area contributed by atoms with Crippen molar-refractivity contribution in [2.45, 2.75) is 39.8 Å². The van der Waals surface area contributed by atoms with Gasteiger partial charge in [-0.2, -0.15) is 0 Å². The molecular weight excluding hydrogens is 320 g/mol. The van der Waals surface area contributed by atoms with E-state index in [0.29, 0.717) is 11.8 Å². The number of amides is 1. The Morgan fingerprint density at radius 2 is 1.77 bits per heavy atom. The number of anilines is 2. The maximum atomic E-state index is 13.5. The highest BCUT2D eigenvalue weighted by Gasteiger charge is 2.40. The lowest BCUT2D eigenvalue weighted by atomic mass is 9.79. The molecule has 2 aromatic carbocycles. The quantitative estimate of drug-likeness (QED) is 0.740. The van der Waals surface area contributed by atoms with E-state index in [1.54, 1.807) is 0 Å². The number of fused-ring (bicyclic) bond motifs is 1. The molecule has 3 heteroatoms. The number of nitrogens with zero attached hydrogens (tertiary/aromatic N) is 1. The topological polar surface area (TPSA) is 32.3 Å². The Morgan fingerprint density at radius 1 is 1.04 bits per heavy atom. The number of benzene rings is 2. The number of para-hydroxylation sites is 2. The predicted molar refractivity (Wildman–Crippen MR) is 107 cm³/mol. The van der Waals surface area contributed by atoms with Crippen molar-refractivity contribution in [3.63, 3.8) is 0 Å². The van der Waals surface area contributed by atoms with E-state index in [0.717, 1.165) is 35.3 Å². The molecule has 1 aliphatic carbocycles. The summed E-state index contributed by atoms with van der Waals surface area (Å²) in [5.74, 6) is 0.915. The lowest BCUT2D eigenvalue weighted by Crippen LogP contribution is -2.54. The highest BCUT2D eigenvalue weighted by atomic mass is 16.2. The zero-order valence-corrected chi connectivity index (χ0v) is 15.7. The Morgan fingerprint density at radius 3 is 2.54 bits per heavy atom. The maximum Gasteiger partial charge on any atom is 0.262 e.